The number of thiazole rings is 1. The highest BCUT2D eigenvalue weighted by Crippen LogP contribution is 2.46. The number of carboxylic acids is 1. The number of aromatic nitrogens is 2. The first-order chi connectivity index (χ1) is 15.8. The van der Waals surface area contributed by atoms with Gasteiger partial charge in [0, 0.05) is 29.1 Å². The number of pyridine rings is 1. The third kappa shape index (κ3) is 3.21. The van der Waals surface area contributed by atoms with Gasteiger partial charge in [-0.15, -0.1) is 0 Å². The summed E-state index contributed by atoms with van der Waals surface area (Å²) in [5.41, 5.74) is 5.58. The van der Waals surface area contributed by atoms with Crippen molar-refractivity contribution >= 4 is 43.6 Å². The van der Waals surface area contributed by atoms with E-state index in [1.807, 2.05) is 31.2 Å². The van der Waals surface area contributed by atoms with Gasteiger partial charge in [0.15, 0.2) is 5.13 Å². The Balaban J connectivity index is 1.64. The van der Waals surface area contributed by atoms with Crippen molar-refractivity contribution in [3.63, 3.8) is 0 Å². The lowest BCUT2D eigenvalue weighted by Gasteiger charge is -2.38. The van der Waals surface area contributed by atoms with Gasteiger partial charge in [-0.2, -0.15) is 0 Å². The number of benzene rings is 2. The van der Waals surface area contributed by atoms with Crippen LogP contribution in [0.25, 0.3) is 32.2 Å². The van der Waals surface area contributed by atoms with Crippen LogP contribution in [0.2, 0.25) is 0 Å². The zero-order valence-electron chi connectivity index (χ0n) is 17.7. The van der Waals surface area contributed by atoms with Crippen molar-refractivity contribution in [2.75, 3.05) is 24.6 Å². The van der Waals surface area contributed by atoms with Crippen molar-refractivity contribution in [1.82, 2.24) is 9.97 Å². The summed E-state index contributed by atoms with van der Waals surface area (Å²) < 4.78 is 33.6. The second-order valence-corrected chi connectivity index (χ2v) is 9.56. The van der Waals surface area contributed by atoms with Crippen LogP contribution in [0.1, 0.15) is 16.7 Å². The predicted octanol–water partition coefficient (Wildman–Crippen LogP) is 4.84. The van der Waals surface area contributed by atoms with Crippen LogP contribution in [-0.2, 0) is 17.6 Å². The number of hydrogen-bond donors (Lipinski definition) is 1. The van der Waals surface area contributed by atoms with E-state index in [4.69, 9.17) is 4.74 Å². The van der Waals surface area contributed by atoms with Crippen molar-refractivity contribution < 1.29 is 23.4 Å². The molecule has 0 bridgehead atoms. The summed E-state index contributed by atoms with van der Waals surface area (Å²) in [5, 5.41) is 11.1. The number of carboxylic acid groups (broad SMARTS) is 1. The number of alkyl halides is 2. The van der Waals surface area contributed by atoms with Crippen molar-refractivity contribution in [3.05, 3.63) is 47.2 Å². The van der Waals surface area contributed by atoms with E-state index in [0.717, 1.165) is 50.0 Å². The highest BCUT2D eigenvalue weighted by Gasteiger charge is 2.45. The normalized spacial score (nSPS) is 16.6. The number of rotatable bonds is 4. The molecule has 2 aromatic heterocycles. The van der Waals surface area contributed by atoms with Crippen LogP contribution in [0.15, 0.2) is 30.5 Å². The van der Waals surface area contributed by atoms with Crippen LogP contribution in [0.4, 0.5) is 13.9 Å². The molecule has 0 aliphatic carbocycles. The number of nitrogens with zero attached hydrogens (tertiary/aromatic N) is 3. The fourth-order valence-corrected chi connectivity index (χ4v) is 5.90. The summed E-state index contributed by atoms with van der Waals surface area (Å²) in [6, 6.07) is 7.64. The van der Waals surface area contributed by atoms with Gasteiger partial charge < -0.3 is 14.7 Å². The van der Waals surface area contributed by atoms with Gasteiger partial charge in [0.05, 0.1) is 41.9 Å². The zero-order chi connectivity index (χ0) is 22.9. The third-order valence-electron chi connectivity index (χ3n) is 6.28. The lowest BCUT2D eigenvalue weighted by atomic mass is 9.90. The van der Waals surface area contributed by atoms with E-state index in [2.05, 4.69) is 9.97 Å². The third-order valence-corrected chi connectivity index (χ3v) is 7.43. The Bertz CT molecular complexity index is 1450. The van der Waals surface area contributed by atoms with Gasteiger partial charge in [0.1, 0.15) is 5.75 Å². The van der Waals surface area contributed by atoms with Crippen LogP contribution in [0.5, 0.6) is 5.75 Å². The van der Waals surface area contributed by atoms with Crippen LogP contribution in [0.3, 0.4) is 0 Å². The molecule has 2 aromatic carbocycles. The number of aryl methyl sites for hydroxylation is 1. The lowest BCUT2D eigenvalue weighted by molar-refractivity contribution is -0.136. The van der Waals surface area contributed by atoms with E-state index < -0.39 is 11.9 Å². The number of fused-ring (bicyclic) bond motifs is 1. The van der Waals surface area contributed by atoms with Crippen LogP contribution >= 0.6 is 11.3 Å². The van der Waals surface area contributed by atoms with Gasteiger partial charge in [-0.25, -0.2) is 13.8 Å². The molecule has 6 nitrogen and oxygen atoms in total. The van der Waals surface area contributed by atoms with E-state index in [-0.39, 0.29) is 19.5 Å². The Morgan fingerprint density at radius 2 is 2.12 bits per heavy atom. The molecule has 0 saturated carbocycles. The molecular formula is C24H19F2N3O3S. The smallest absolute Gasteiger partial charge is 0.307 e. The maximum absolute atomic E-state index is 13.5. The van der Waals surface area contributed by atoms with E-state index in [0.29, 0.717) is 22.8 Å². The van der Waals surface area contributed by atoms with Crippen LogP contribution in [0, 0.1) is 6.92 Å². The zero-order valence-corrected chi connectivity index (χ0v) is 18.5. The van der Waals surface area contributed by atoms with Gasteiger partial charge in [-0.1, -0.05) is 11.3 Å². The lowest BCUT2D eigenvalue weighted by Crippen LogP contribution is -2.56. The molecule has 1 N–H and O–H groups in total. The van der Waals surface area contributed by atoms with E-state index in [1.165, 1.54) is 11.3 Å². The van der Waals surface area contributed by atoms with E-state index >= 15 is 0 Å². The summed E-state index contributed by atoms with van der Waals surface area (Å²) >= 11 is 1.32. The minimum atomic E-state index is -2.70. The molecule has 33 heavy (non-hydrogen) atoms. The average molecular weight is 467 g/mol. The van der Waals surface area contributed by atoms with Crippen molar-refractivity contribution in [2.24, 2.45) is 0 Å². The van der Waals surface area contributed by atoms with Crippen LogP contribution in [-0.4, -0.2) is 46.7 Å². The molecule has 6 rings (SSSR count). The number of carbonyl (C=O) groups is 1. The number of aliphatic carboxylic acids is 1. The van der Waals surface area contributed by atoms with Gasteiger partial charge >= 0.3 is 5.97 Å². The van der Waals surface area contributed by atoms with Crippen LogP contribution < -0.4 is 9.64 Å². The first kappa shape index (κ1) is 20.3. The first-order valence-corrected chi connectivity index (χ1v) is 11.4. The molecule has 0 amide bonds. The molecule has 1 fully saturated rings. The summed E-state index contributed by atoms with van der Waals surface area (Å²) in [6.45, 7) is 1.74. The number of anilines is 1. The Morgan fingerprint density at radius 3 is 2.88 bits per heavy atom. The van der Waals surface area contributed by atoms with Gasteiger partial charge in [0.2, 0.25) is 0 Å². The highest BCUT2D eigenvalue weighted by atomic mass is 32.1. The van der Waals surface area contributed by atoms with Gasteiger partial charge in [-0.3, -0.25) is 9.78 Å². The fourth-order valence-electron chi connectivity index (χ4n) is 4.77. The Labute approximate surface area is 191 Å². The minimum Gasteiger partial charge on any atom is -0.493 e. The molecule has 0 spiro atoms. The fraction of sp³-hybridized carbons (Fsp3) is 0.292. The molecule has 168 valence electrons. The molecule has 9 heteroatoms. The first-order valence-electron chi connectivity index (χ1n) is 10.6. The molecule has 2 aliphatic rings. The second-order valence-electron chi connectivity index (χ2n) is 8.58. The topological polar surface area (TPSA) is 75.5 Å². The maximum Gasteiger partial charge on any atom is 0.307 e. The summed E-state index contributed by atoms with van der Waals surface area (Å²) in [4.78, 5) is 22.6. The highest BCUT2D eigenvalue weighted by molar-refractivity contribution is 7.22. The summed E-state index contributed by atoms with van der Waals surface area (Å²) in [6.07, 6.45) is 2.38. The quantitative estimate of drug-likeness (QED) is 0.463. The molecule has 0 radical (unpaired) electrons. The van der Waals surface area contributed by atoms with Gasteiger partial charge in [-0.05, 0) is 47.9 Å². The Morgan fingerprint density at radius 1 is 1.30 bits per heavy atom. The maximum atomic E-state index is 13.5. The molecule has 4 heterocycles. The second kappa shape index (κ2) is 7.08. The minimum absolute atomic E-state index is 0.161. The number of ether oxygens (including phenoxy) is 1. The average Bonchev–Trinajstić information content (AvgIpc) is 3.16. The van der Waals surface area contributed by atoms with Crippen molar-refractivity contribution in [3.8, 4) is 16.9 Å². The number of hydrogen-bond acceptors (Lipinski definition) is 6. The van der Waals surface area contributed by atoms with Crippen molar-refractivity contribution in [1.29, 1.82) is 0 Å². The Hall–Kier alpha value is -3.33. The number of halogens is 2. The molecule has 1 saturated heterocycles. The van der Waals surface area contributed by atoms with E-state index in [9.17, 15) is 18.7 Å². The molecular weight excluding hydrogens is 448 g/mol. The largest absolute Gasteiger partial charge is 0.493 e. The SMILES string of the molecule is Cc1cc2nc(N3CC(F)(F)C3)sc2c(-c2ccc3c4c(ccnc24)CCO3)c1CC(=O)O. The monoisotopic (exact) mass is 467 g/mol. The molecule has 4 aromatic rings. The summed E-state index contributed by atoms with van der Waals surface area (Å²) in [5.74, 6) is -2.88. The standard InChI is InChI=1S/C24H19F2N3O3S/c1-12-8-16-22(33-23(28-16)29-10-24(25,26)11-29)20(15(12)9-18(30)31)14-2-3-17-19-13(5-7-32-17)4-6-27-21(14)19/h2-4,6,8H,5,7,9-11H2,1H3,(H,30,31). The molecule has 0 atom stereocenters. The predicted molar refractivity (Wildman–Crippen MR) is 123 cm³/mol. The molecule has 0 unspecified atom stereocenters. The van der Waals surface area contributed by atoms with Crippen molar-refractivity contribution in [2.45, 2.75) is 25.7 Å². The molecule has 2 aliphatic heterocycles. The van der Waals surface area contributed by atoms with E-state index in [1.54, 1.807) is 11.1 Å². The Kier molecular flexibility index (Phi) is 4.35. The van der Waals surface area contributed by atoms with Gasteiger partial charge in [0.25, 0.3) is 5.92 Å². The summed E-state index contributed by atoms with van der Waals surface area (Å²) in [7, 11) is 0.